The third-order valence-corrected chi connectivity index (χ3v) is 2.01. The van der Waals surface area contributed by atoms with Crippen LogP contribution in [0.4, 0.5) is 0 Å². The van der Waals surface area contributed by atoms with Crippen LogP contribution in [-0.2, 0) is 0 Å². The predicted octanol–water partition coefficient (Wildman–Crippen LogP) is 2.63. The van der Waals surface area contributed by atoms with Crippen LogP contribution in [0.2, 0.25) is 0 Å². The standard InChI is InChI=1S/C6H12Br/c1-3-4-6(2)5-7/h3,6H,4-5H2,1-2H3. The summed E-state index contributed by atoms with van der Waals surface area (Å²) in [6, 6.07) is 0. The maximum absolute atomic E-state index is 3.40. The first-order chi connectivity index (χ1) is 3.31. The van der Waals surface area contributed by atoms with Crippen molar-refractivity contribution in [3.63, 3.8) is 0 Å². The minimum atomic E-state index is 0.810. The number of hydrogen-bond acceptors (Lipinski definition) is 0. The van der Waals surface area contributed by atoms with Gasteiger partial charge in [0.2, 0.25) is 0 Å². The van der Waals surface area contributed by atoms with Crippen LogP contribution in [0.15, 0.2) is 0 Å². The molecule has 1 radical (unpaired) electrons. The Morgan fingerprint density at radius 1 is 1.71 bits per heavy atom. The maximum atomic E-state index is 3.40. The molecule has 0 aromatic carbocycles. The second-order valence-corrected chi connectivity index (χ2v) is 2.55. The first-order valence-corrected chi connectivity index (χ1v) is 3.77. The number of hydrogen-bond donors (Lipinski definition) is 0. The van der Waals surface area contributed by atoms with Gasteiger partial charge < -0.3 is 0 Å². The quantitative estimate of drug-likeness (QED) is 0.562. The van der Waals surface area contributed by atoms with E-state index in [1.807, 2.05) is 0 Å². The van der Waals surface area contributed by atoms with E-state index in [1.54, 1.807) is 0 Å². The fourth-order valence-corrected chi connectivity index (χ4v) is 0.730. The van der Waals surface area contributed by atoms with Crippen LogP contribution >= 0.6 is 15.9 Å². The maximum Gasteiger partial charge on any atom is 0.00571 e. The highest BCUT2D eigenvalue weighted by molar-refractivity contribution is 9.09. The Kier molecular flexibility index (Phi) is 4.95. The summed E-state index contributed by atoms with van der Waals surface area (Å²) in [6.45, 7) is 4.33. The van der Waals surface area contributed by atoms with Gasteiger partial charge in [0.25, 0.3) is 0 Å². The minimum Gasteiger partial charge on any atom is -0.0925 e. The lowest BCUT2D eigenvalue weighted by Crippen LogP contribution is -1.92. The Balaban J connectivity index is 2.83. The molecule has 0 nitrogen and oxygen atoms in total. The number of alkyl halides is 1. The lowest BCUT2D eigenvalue weighted by atomic mass is 10.1. The zero-order valence-electron chi connectivity index (χ0n) is 4.95. The fraction of sp³-hybridized carbons (Fsp3) is 0.833. The van der Waals surface area contributed by atoms with Crippen molar-refractivity contribution in [1.29, 1.82) is 0 Å². The summed E-state index contributed by atoms with van der Waals surface area (Å²) in [5, 5.41) is 1.12. The van der Waals surface area contributed by atoms with E-state index in [2.05, 4.69) is 36.2 Å². The normalized spacial score (nSPS) is 14.1. The van der Waals surface area contributed by atoms with Crippen LogP contribution in [-0.4, -0.2) is 5.33 Å². The zero-order chi connectivity index (χ0) is 5.70. The Bertz CT molecular complexity index is 35.2. The van der Waals surface area contributed by atoms with Crippen LogP contribution in [0.25, 0.3) is 0 Å². The van der Waals surface area contributed by atoms with Crippen molar-refractivity contribution in [3.05, 3.63) is 6.42 Å². The molecule has 0 fully saturated rings. The van der Waals surface area contributed by atoms with Gasteiger partial charge >= 0.3 is 0 Å². The topological polar surface area (TPSA) is 0 Å². The Morgan fingerprint density at radius 2 is 2.29 bits per heavy atom. The van der Waals surface area contributed by atoms with Crippen LogP contribution in [0.5, 0.6) is 0 Å². The zero-order valence-corrected chi connectivity index (χ0v) is 6.53. The van der Waals surface area contributed by atoms with Crippen LogP contribution < -0.4 is 0 Å². The van der Waals surface area contributed by atoms with Gasteiger partial charge in [-0.3, -0.25) is 0 Å². The summed E-state index contributed by atoms with van der Waals surface area (Å²) in [4.78, 5) is 0. The van der Waals surface area contributed by atoms with E-state index in [4.69, 9.17) is 0 Å². The van der Waals surface area contributed by atoms with E-state index in [-0.39, 0.29) is 0 Å². The molecule has 0 aliphatic rings. The van der Waals surface area contributed by atoms with Gasteiger partial charge in [0.1, 0.15) is 0 Å². The second kappa shape index (κ2) is 4.63. The average molecular weight is 164 g/mol. The van der Waals surface area contributed by atoms with Crippen molar-refractivity contribution in [1.82, 2.24) is 0 Å². The van der Waals surface area contributed by atoms with E-state index < -0.39 is 0 Å². The minimum absolute atomic E-state index is 0.810. The summed E-state index contributed by atoms with van der Waals surface area (Å²) in [6.07, 6.45) is 3.43. The summed E-state index contributed by atoms with van der Waals surface area (Å²) >= 11 is 3.40. The molecule has 0 saturated heterocycles. The monoisotopic (exact) mass is 163 g/mol. The van der Waals surface area contributed by atoms with Crippen molar-refractivity contribution in [3.8, 4) is 0 Å². The van der Waals surface area contributed by atoms with Crippen LogP contribution in [0.3, 0.4) is 0 Å². The van der Waals surface area contributed by atoms with Crippen molar-refractivity contribution in [2.24, 2.45) is 5.92 Å². The molecule has 0 bridgehead atoms. The molecule has 0 spiro atoms. The molecule has 0 heterocycles. The van der Waals surface area contributed by atoms with Gasteiger partial charge in [0.15, 0.2) is 0 Å². The van der Waals surface area contributed by atoms with Gasteiger partial charge in [-0.25, -0.2) is 0 Å². The first-order valence-electron chi connectivity index (χ1n) is 2.65. The Labute approximate surface area is 54.4 Å². The molecular weight excluding hydrogens is 152 g/mol. The van der Waals surface area contributed by atoms with Crippen molar-refractivity contribution in [2.75, 3.05) is 5.33 Å². The molecule has 7 heavy (non-hydrogen) atoms. The van der Waals surface area contributed by atoms with Crippen molar-refractivity contribution in [2.45, 2.75) is 20.3 Å². The third kappa shape index (κ3) is 4.33. The largest absolute Gasteiger partial charge is 0.0925 e. The fourth-order valence-electron chi connectivity index (χ4n) is 0.465. The Hall–Kier alpha value is 0.480. The van der Waals surface area contributed by atoms with Gasteiger partial charge in [-0.2, -0.15) is 0 Å². The first kappa shape index (κ1) is 7.48. The highest BCUT2D eigenvalue weighted by Crippen LogP contribution is 2.05. The lowest BCUT2D eigenvalue weighted by molar-refractivity contribution is 0.654. The molecule has 0 saturated carbocycles. The van der Waals surface area contributed by atoms with Gasteiger partial charge in [0, 0.05) is 5.33 Å². The van der Waals surface area contributed by atoms with E-state index >= 15 is 0 Å². The third-order valence-electron chi connectivity index (χ3n) is 0.901. The van der Waals surface area contributed by atoms with Crippen LogP contribution in [0, 0.1) is 12.3 Å². The summed E-state index contributed by atoms with van der Waals surface area (Å²) < 4.78 is 0. The molecular formula is C6H12Br. The predicted molar refractivity (Wildman–Crippen MR) is 37.5 cm³/mol. The molecule has 0 aliphatic heterocycles. The molecule has 43 valence electrons. The van der Waals surface area contributed by atoms with Crippen molar-refractivity contribution >= 4 is 15.9 Å². The molecule has 0 rings (SSSR count). The van der Waals surface area contributed by atoms with E-state index in [9.17, 15) is 0 Å². The second-order valence-electron chi connectivity index (χ2n) is 1.90. The molecule has 0 aromatic heterocycles. The van der Waals surface area contributed by atoms with Gasteiger partial charge in [-0.05, 0) is 18.8 Å². The van der Waals surface area contributed by atoms with E-state index in [0.717, 1.165) is 11.2 Å². The SMILES string of the molecule is C[CH]CC(C)CBr. The molecule has 1 atom stereocenters. The van der Waals surface area contributed by atoms with Crippen LogP contribution in [0.1, 0.15) is 20.3 Å². The lowest BCUT2D eigenvalue weighted by Gasteiger charge is -2.01. The van der Waals surface area contributed by atoms with Crippen molar-refractivity contribution < 1.29 is 0 Å². The summed E-state index contributed by atoms with van der Waals surface area (Å²) in [5.41, 5.74) is 0. The molecule has 0 aliphatic carbocycles. The molecule has 0 amide bonds. The molecule has 0 N–H and O–H groups in total. The summed E-state index contributed by atoms with van der Waals surface area (Å²) in [7, 11) is 0. The molecule has 1 heteroatoms. The van der Waals surface area contributed by atoms with Gasteiger partial charge in [0.05, 0.1) is 0 Å². The van der Waals surface area contributed by atoms with Gasteiger partial charge in [-0.15, -0.1) is 0 Å². The number of halogens is 1. The molecule has 1 unspecified atom stereocenters. The Morgan fingerprint density at radius 3 is 2.43 bits per heavy atom. The average Bonchev–Trinajstić information content (AvgIpc) is 1.68. The summed E-state index contributed by atoms with van der Waals surface area (Å²) in [5.74, 6) is 0.810. The highest BCUT2D eigenvalue weighted by atomic mass is 79.9. The molecule has 0 aromatic rings. The van der Waals surface area contributed by atoms with E-state index in [0.29, 0.717) is 0 Å². The smallest absolute Gasteiger partial charge is 0.00571 e. The van der Waals surface area contributed by atoms with E-state index in [1.165, 1.54) is 6.42 Å². The van der Waals surface area contributed by atoms with Gasteiger partial charge in [-0.1, -0.05) is 29.8 Å². The number of rotatable bonds is 3. The highest BCUT2D eigenvalue weighted by Gasteiger charge is 1.94.